The Morgan fingerprint density at radius 1 is 1.22 bits per heavy atom. The van der Waals surface area contributed by atoms with Crippen LogP contribution in [0.25, 0.3) is 0 Å². The predicted octanol–water partition coefficient (Wildman–Crippen LogP) is 5.71. The van der Waals surface area contributed by atoms with Crippen molar-refractivity contribution in [3.63, 3.8) is 0 Å². The standard InChI is InChI=1S/C24H22ClN3O3S/c1-24(2,30)20-10-15(25)11-21-19(20)12-23(28-21)32-14-22(29)27-16-5-7-17(8-6-16)31-18-4-3-9-26-13-18/h3-11,13,30H,12,14H2,1-2H3,(H,27,29). The van der Waals surface area contributed by atoms with Crippen molar-refractivity contribution in [2.24, 2.45) is 4.99 Å². The zero-order valence-corrected chi connectivity index (χ0v) is 19.2. The third-order valence-electron chi connectivity index (χ3n) is 4.80. The third-order valence-corrected chi connectivity index (χ3v) is 6.00. The van der Waals surface area contributed by atoms with Gasteiger partial charge in [-0.2, -0.15) is 0 Å². The predicted molar refractivity (Wildman–Crippen MR) is 129 cm³/mol. The summed E-state index contributed by atoms with van der Waals surface area (Å²) in [6.07, 6.45) is 3.89. The average Bonchev–Trinajstić information content (AvgIpc) is 3.16. The summed E-state index contributed by atoms with van der Waals surface area (Å²) in [5.74, 6) is 1.40. The molecule has 32 heavy (non-hydrogen) atoms. The van der Waals surface area contributed by atoms with Gasteiger partial charge in [0.2, 0.25) is 5.91 Å². The van der Waals surface area contributed by atoms with Crippen molar-refractivity contribution >= 4 is 45.7 Å². The van der Waals surface area contributed by atoms with Crippen LogP contribution >= 0.6 is 23.4 Å². The number of aromatic nitrogens is 1. The number of halogens is 1. The molecule has 2 N–H and O–H groups in total. The molecule has 0 unspecified atom stereocenters. The smallest absolute Gasteiger partial charge is 0.234 e. The summed E-state index contributed by atoms with van der Waals surface area (Å²) < 4.78 is 5.70. The molecule has 4 rings (SSSR count). The Morgan fingerprint density at radius 3 is 2.69 bits per heavy atom. The number of aliphatic imine (C=N–C) groups is 1. The molecule has 0 atom stereocenters. The van der Waals surface area contributed by atoms with Gasteiger partial charge in [-0.05, 0) is 73.5 Å². The number of aliphatic hydroxyl groups is 1. The third kappa shape index (κ3) is 5.48. The Balaban J connectivity index is 1.32. The first-order valence-electron chi connectivity index (χ1n) is 10.0. The summed E-state index contributed by atoms with van der Waals surface area (Å²) in [5, 5.41) is 14.7. The fraction of sp³-hybridized carbons (Fsp3) is 0.208. The fourth-order valence-electron chi connectivity index (χ4n) is 3.36. The maximum atomic E-state index is 12.4. The van der Waals surface area contributed by atoms with Crippen molar-refractivity contribution in [3.8, 4) is 11.5 Å². The number of carbonyl (C=O) groups is 1. The van der Waals surface area contributed by atoms with Crippen LogP contribution in [0.4, 0.5) is 11.4 Å². The number of nitrogens with zero attached hydrogens (tertiary/aromatic N) is 2. The zero-order valence-electron chi connectivity index (χ0n) is 17.6. The quantitative estimate of drug-likeness (QED) is 0.485. The van der Waals surface area contributed by atoms with Crippen molar-refractivity contribution in [1.29, 1.82) is 0 Å². The number of fused-ring (bicyclic) bond motifs is 1. The van der Waals surface area contributed by atoms with Crippen LogP contribution in [0.5, 0.6) is 11.5 Å². The number of thioether (sulfide) groups is 1. The molecule has 1 amide bonds. The molecule has 164 valence electrons. The lowest BCUT2D eigenvalue weighted by Gasteiger charge is -2.21. The fourth-order valence-corrected chi connectivity index (χ4v) is 4.35. The molecule has 1 aromatic heterocycles. The maximum absolute atomic E-state index is 12.4. The number of hydrogen-bond donors (Lipinski definition) is 2. The molecule has 0 saturated carbocycles. The van der Waals surface area contributed by atoms with Crippen LogP contribution in [0.1, 0.15) is 25.0 Å². The molecule has 8 heteroatoms. The minimum Gasteiger partial charge on any atom is -0.456 e. The molecule has 0 radical (unpaired) electrons. The Morgan fingerprint density at radius 2 is 2.00 bits per heavy atom. The molecule has 0 saturated heterocycles. The summed E-state index contributed by atoms with van der Waals surface area (Å²) >= 11 is 7.57. The Kier molecular flexibility index (Phi) is 6.50. The van der Waals surface area contributed by atoms with E-state index < -0.39 is 5.60 Å². The lowest BCUT2D eigenvalue weighted by Crippen LogP contribution is -2.18. The molecule has 2 heterocycles. The van der Waals surface area contributed by atoms with E-state index in [1.165, 1.54) is 11.8 Å². The van der Waals surface area contributed by atoms with Crippen molar-refractivity contribution in [2.45, 2.75) is 25.9 Å². The summed E-state index contributed by atoms with van der Waals surface area (Å²) in [7, 11) is 0. The van der Waals surface area contributed by atoms with E-state index in [1.807, 2.05) is 6.07 Å². The van der Waals surface area contributed by atoms with Gasteiger partial charge >= 0.3 is 0 Å². The topological polar surface area (TPSA) is 83.8 Å². The molecular weight excluding hydrogens is 446 g/mol. The number of pyridine rings is 1. The lowest BCUT2D eigenvalue weighted by atomic mass is 9.91. The number of hydrogen-bond acceptors (Lipinski definition) is 6. The van der Waals surface area contributed by atoms with Crippen LogP contribution in [-0.2, 0) is 16.8 Å². The van der Waals surface area contributed by atoms with Crippen LogP contribution in [0, 0.1) is 0 Å². The molecule has 0 spiro atoms. The van der Waals surface area contributed by atoms with Crippen molar-refractivity contribution < 1.29 is 14.6 Å². The van der Waals surface area contributed by atoms with Gasteiger partial charge in [-0.1, -0.05) is 11.6 Å². The molecule has 3 aromatic rings. The first kappa shape index (κ1) is 22.3. The zero-order chi connectivity index (χ0) is 22.7. The number of benzene rings is 2. The molecule has 0 aliphatic carbocycles. The van der Waals surface area contributed by atoms with Gasteiger partial charge in [0, 0.05) is 23.3 Å². The molecule has 0 fully saturated rings. The number of carbonyl (C=O) groups excluding carboxylic acids is 1. The number of amides is 1. The largest absolute Gasteiger partial charge is 0.456 e. The normalized spacial score (nSPS) is 12.8. The van der Waals surface area contributed by atoms with E-state index in [9.17, 15) is 9.90 Å². The minimum absolute atomic E-state index is 0.129. The van der Waals surface area contributed by atoms with Gasteiger partial charge in [-0.25, -0.2) is 4.99 Å². The highest BCUT2D eigenvalue weighted by Crippen LogP contribution is 2.39. The maximum Gasteiger partial charge on any atom is 0.234 e. The molecule has 0 bridgehead atoms. The van der Waals surface area contributed by atoms with Crippen LogP contribution in [0.15, 0.2) is 65.9 Å². The molecule has 1 aliphatic rings. The van der Waals surface area contributed by atoms with E-state index in [0.29, 0.717) is 28.6 Å². The lowest BCUT2D eigenvalue weighted by molar-refractivity contribution is -0.113. The van der Waals surface area contributed by atoms with Gasteiger partial charge in [0.1, 0.15) is 11.5 Å². The summed E-state index contributed by atoms with van der Waals surface area (Å²) in [4.78, 5) is 21.0. The van der Waals surface area contributed by atoms with E-state index in [-0.39, 0.29) is 11.7 Å². The number of rotatable bonds is 6. The van der Waals surface area contributed by atoms with E-state index in [4.69, 9.17) is 16.3 Å². The van der Waals surface area contributed by atoms with Crippen LogP contribution < -0.4 is 10.1 Å². The minimum atomic E-state index is -1.02. The second-order valence-corrected chi connectivity index (χ2v) is 9.33. The highest BCUT2D eigenvalue weighted by atomic mass is 35.5. The van der Waals surface area contributed by atoms with Gasteiger partial charge in [0.25, 0.3) is 0 Å². The van der Waals surface area contributed by atoms with Crippen LogP contribution in [-0.4, -0.2) is 26.8 Å². The van der Waals surface area contributed by atoms with E-state index in [2.05, 4.69) is 15.3 Å². The molecule has 1 aliphatic heterocycles. The van der Waals surface area contributed by atoms with E-state index in [0.717, 1.165) is 21.9 Å². The number of nitrogens with one attached hydrogen (secondary N) is 1. The van der Waals surface area contributed by atoms with Crippen molar-refractivity contribution in [1.82, 2.24) is 4.98 Å². The second-order valence-electron chi connectivity index (χ2n) is 7.84. The first-order chi connectivity index (χ1) is 15.3. The van der Waals surface area contributed by atoms with Gasteiger partial charge in [-0.15, -0.1) is 11.8 Å². The first-order valence-corrected chi connectivity index (χ1v) is 11.4. The van der Waals surface area contributed by atoms with Crippen molar-refractivity contribution in [3.05, 3.63) is 77.1 Å². The highest BCUT2D eigenvalue weighted by Gasteiger charge is 2.27. The molecular formula is C24H22ClN3O3S. The van der Waals surface area contributed by atoms with Gasteiger partial charge in [0.05, 0.1) is 28.3 Å². The monoisotopic (exact) mass is 467 g/mol. The Labute approximate surface area is 195 Å². The molecule has 6 nitrogen and oxygen atoms in total. The van der Waals surface area contributed by atoms with Gasteiger partial charge in [-0.3, -0.25) is 9.78 Å². The van der Waals surface area contributed by atoms with Crippen LogP contribution in [0.2, 0.25) is 5.02 Å². The summed E-state index contributed by atoms with van der Waals surface area (Å²) in [6, 6.07) is 14.3. The summed E-state index contributed by atoms with van der Waals surface area (Å²) in [5.41, 5.74) is 2.13. The molecule has 2 aromatic carbocycles. The van der Waals surface area contributed by atoms with Gasteiger partial charge < -0.3 is 15.2 Å². The van der Waals surface area contributed by atoms with E-state index >= 15 is 0 Å². The van der Waals surface area contributed by atoms with E-state index in [1.54, 1.807) is 68.7 Å². The second kappa shape index (κ2) is 9.32. The van der Waals surface area contributed by atoms with Gasteiger partial charge in [0.15, 0.2) is 0 Å². The number of ether oxygens (including phenoxy) is 1. The Bertz CT molecular complexity index is 1160. The SMILES string of the molecule is CC(C)(O)c1cc(Cl)cc2c1CC(SCC(=O)Nc1ccc(Oc3cccnc3)cc1)=N2. The Hall–Kier alpha value is -2.87. The summed E-state index contributed by atoms with van der Waals surface area (Å²) in [6.45, 7) is 3.45. The highest BCUT2D eigenvalue weighted by molar-refractivity contribution is 8.14. The van der Waals surface area contributed by atoms with Crippen LogP contribution in [0.3, 0.4) is 0 Å². The van der Waals surface area contributed by atoms with Crippen molar-refractivity contribution in [2.75, 3.05) is 11.1 Å². The average molecular weight is 468 g/mol. The number of anilines is 1.